The third-order valence-corrected chi connectivity index (χ3v) is 9.62. The summed E-state index contributed by atoms with van der Waals surface area (Å²) in [7, 11) is 0. The fourth-order valence-corrected chi connectivity index (χ4v) is 6.78. The summed E-state index contributed by atoms with van der Waals surface area (Å²) < 4.78 is 73.4. The lowest BCUT2D eigenvalue weighted by Crippen LogP contribution is -2.09. The molecule has 0 spiro atoms. The van der Waals surface area contributed by atoms with Gasteiger partial charge in [-0.05, 0) is 117 Å². The number of hydrogen-bond donors (Lipinski definition) is 0. The maximum Gasteiger partial charge on any atom is 0.0645 e. The Labute approximate surface area is 341 Å². The second kappa shape index (κ2) is 15.9. The smallest absolute Gasteiger partial charge is 0.0645 e. The Bertz CT molecular complexity index is 3000. The van der Waals surface area contributed by atoms with Gasteiger partial charge < -0.3 is 9.80 Å². The van der Waals surface area contributed by atoms with E-state index in [2.05, 4.69) is 65.6 Å². The summed E-state index contributed by atoms with van der Waals surface area (Å²) in [6.45, 7) is 0. The summed E-state index contributed by atoms with van der Waals surface area (Å²) in [6.07, 6.45) is 0. The van der Waals surface area contributed by atoms with Crippen molar-refractivity contribution in [2.45, 2.75) is 0 Å². The molecule has 0 aliphatic heterocycles. The number of rotatable bonds is 10. The molecular formula is C54H40N2. The first-order valence-electron chi connectivity index (χ1n) is 22.4. The molecule has 0 fully saturated rings. The van der Waals surface area contributed by atoms with Gasteiger partial charge in [-0.3, -0.25) is 0 Å². The standard InChI is InChI=1S/C54H40N2/c1-5-13-41(14-6-1)42-21-23-43(24-22-42)47-31-37-53(38-32-47)56(51-19-11-4-12-20-51)54-39-33-48(34-40-54)45-27-25-44(26-28-45)46-29-35-52(36-30-46)55(49-15-7-2-8-16-49)50-17-9-3-10-18-50/h1-40H/i25D,26D,27D,28D,29D,30D,35D,36D. The molecule has 9 aromatic carbocycles. The van der Waals surface area contributed by atoms with Crippen molar-refractivity contribution >= 4 is 34.1 Å². The second-order valence-electron chi connectivity index (χ2n) is 13.2. The predicted octanol–water partition coefficient (Wildman–Crippen LogP) is 15.3. The van der Waals surface area contributed by atoms with Crippen LogP contribution in [-0.4, -0.2) is 0 Å². The SMILES string of the molecule is [2H]c1c([2H])c(-c2c([2H])c([2H])c(N(c3ccccc3)c3ccccc3)c([2H])c2[2H])c([2H])c([2H])c1-c1ccc(N(c2ccccc2)c2ccc(-c3ccc(-c4ccccc4)cc3)cc2)cc1. The molecule has 0 bridgehead atoms. The molecule has 9 rings (SSSR count). The third-order valence-electron chi connectivity index (χ3n) is 9.62. The Balaban J connectivity index is 1.06. The van der Waals surface area contributed by atoms with Crippen LogP contribution in [0.4, 0.5) is 34.1 Å². The minimum Gasteiger partial charge on any atom is -0.311 e. The van der Waals surface area contributed by atoms with E-state index in [0.717, 1.165) is 39.3 Å². The second-order valence-corrected chi connectivity index (χ2v) is 13.2. The molecule has 0 heterocycles. The van der Waals surface area contributed by atoms with Crippen molar-refractivity contribution in [2.24, 2.45) is 0 Å². The Morgan fingerprint density at radius 2 is 0.429 bits per heavy atom. The van der Waals surface area contributed by atoms with Crippen molar-refractivity contribution in [3.05, 3.63) is 242 Å². The zero-order valence-electron chi connectivity index (χ0n) is 38.4. The lowest BCUT2D eigenvalue weighted by molar-refractivity contribution is 1.28. The minimum atomic E-state index is -0.472. The van der Waals surface area contributed by atoms with Crippen LogP contribution in [0.2, 0.25) is 0 Å². The van der Waals surface area contributed by atoms with Crippen molar-refractivity contribution in [2.75, 3.05) is 9.80 Å². The number of para-hydroxylation sites is 3. The molecule has 0 aliphatic rings. The fourth-order valence-electron chi connectivity index (χ4n) is 6.78. The summed E-state index contributed by atoms with van der Waals surface area (Å²) >= 11 is 0. The first-order valence-corrected chi connectivity index (χ1v) is 18.4. The first kappa shape index (κ1) is 26.4. The minimum absolute atomic E-state index is 0.00238. The van der Waals surface area contributed by atoms with E-state index in [9.17, 15) is 5.48 Å². The molecule has 2 heteroatoms. The molecule has 0 amide bonds. The van der Waals surface area contributed by atoms with Crippen molar-refractivity contribution < 1.29 is 11.0 Å². The average molecular weight is 725 g/mol. The van der Waals surface area contributed by atoms with Gasteiger partial charge in [0.15, 0.2) is 0 Å². The molecule has 2 nitrogen and oxygen atoms in total. The Morgan fingerprint density at radius 3 is 0.804 bits per heavy atom. The van der Waals surface area contributed by atoms with E-state index in [1.165, 1.54) is 0 Å². The highest BCUT2D eigenvalue weighted by Crippen LogP contribution is 2.38. The van der Waals surface area contributed by atoms with Gasteiger partial charge in [0.2, 0.25) is 0 Å². The molecule has 9 aromatic rings. The topological polar surface area (TPSA) is 6.48 Å². The van der Waals surface area contributed by atoms with E-state index in [4.69, 9.17) is 5.48 Å². The molecule has 0 N–H and O–H groups in total. The van der Waals surface area contributed by atoms with Crippen LogP contribution in [0.25, 0.3) is 44.5 Å². The van der Waals surface area contributed by atoms with Gasteiger partial charge in [0.05, 0.1) is 11.0 Å². The fraction of sp³-hybridized carbons (Fsp3) is 0. The van der Waals surface area contributed by atoms with E-state index < -0.39 is 24.2 Å². The largest absolute Gasteiger partial charge is 0.311 e. The van der Waals surface area contributed by atoms with E-state index in [1.54, 1.807) is 17.0 Å². The van der Waals surface area contributed by atoms with Gasteiger partial charge in [0, 0.05) is 34.1 Å². The maximum absolute atomic E-state index is 9.19. The Kier molecular flexibility index (Phi) is 7.49. The normalized spacial score (nSPS) is 12.9. The first-order chi connectivity index (χ1) is 31.1. The van der Waals surface area contributed by atoms with Crippen molar-refractivity contribution in [3.8, 4) is 44.5 Å². The zero-order chi connectivity index (χ0) is 44.5. The van der Waals surface area contributed by atoms with Gasteiger partial charge in [-0.1, -0.05) is 170 Å². The summed E-state index contributed by atoms with van der Waals surface area (Å²) in [4.78, 5) is 3.75. The highest BCUT2D eigenvalue weighted by molar-refractivity contribution is 5.82. The summed E-state index contributed by atoms with van der Waals surface area (Å²) in [5.41, 5.74) is 8.29. The molecule has 0 saturated heterocycles. The van der Waals surface area contributed by atoms with E-state index in [0.29, 0.717) is 16.9 Å². The summed E-state index contributed by atoms with van der Waals surface area (Å²) in [6, 6.07) is 59.2. The molecule has 0 radical (unpaired) electrons. The molecular weight excluding hydrogens is 677 g/mol. The number of anilines is 6. The molecule has 266 valence electrons. The van der Waals surface area contributed by atoms with E-state index in [1.807, 2.05) is 121 Å². The van der Waals surface area contributed by atoms with Crippen LogP contribution in [-0.2, 0) is 0 Å². The maximum atomic E-state index is 9.19. The highest BCUT2D eigenvalue weighted by atomic mass is 15.1. The van der Waals surface area contributed by atoms with E-state index in [-0.39, 0.29) is 46.5 Å². The highest BCUT2D eigenvalue weighted by Gasteiger charge is 2.14. The monoisotopic (exact) mass is 724 g/mol. The molecule has 0 atom stereocenters. The van der Waals surface area contributed by atoms with Gasteiger partial charge >= 0.3 is 0 Å². The number of benzene rings is 9. The van der Waals surface area contributed by atoms with Gasteiger partial charge in [-0.2, -0.15) is 0 Å². The van der Waals surface area contributed by atoms with Crippen LogP contribution in [0.15, 0.2) is 242 Å². The quantitative estimate of drug-likeness (QED) is 0.139. The van der Waals surface area contributed by atoms with Crippen LogP contribution < -0.4 is 9.80 Å². The Morgan fingerprint density at radius 1 is 0.196 bits per heavy atom. The van der Waals surface area contributed by atoms with Crippen molar-refractivity contribution in [1.82, 2.24) is 0 Å². The van der Waals surface area contributed by atoms with Gasteiger partial charge in [-0.15, -0.1) is 0 Å². The van der Waals surface area contributed by atoms with Crippen LogP contribution in [0.3, 0.4) is 0 Å². The summed E-state index contributed by atoms with van der Waals surface area (Å²) in [5.74, 6) is 0. The van der Waals surface area contributed by atoms with Gasteiger partial charge in [0.25, 0.3) is 0 Å². The molecule has 0 saturated carbocycles. The molecule has 56 heavy (non-hydrogen) atoms. The number of hydrogen-bond acceptors (Lipinski definition) is 2. The van der Waals surface area contributed by atoms with Crippen LogP contribution in [0.5, 0.6) is 0 Å². The van der Waals surface area contributed by atoms with Gasteiger partial charge in [0.1, 0.15) is 0 Å². The van der Waals surface area contributed by atoms with Gasteiger partial charge in [-0.25, -0.2) is 0 Å². The lowest BCUT2D eigenvalue weighted by atomic mass is 9.99. The van der Waals surface area contributed by atoms with E-state index >= 15 is 0 Å². The Hall–Kier alpha value is -7.42. The van der Waals surface area contributed by atoms with Crippen molar-refractivity contribution in [1.29, 1.82) is 0 Å². The van der Waals surface area contributed by atoms with Crippen LogP contribution in [0.1, 0.15) is 11.0 Å². The average Bonchev–Trinajstić information content (AvgIpc) is 3.35. The van der Waals surface area contributed by atoms with Crippen molar-refractivity contribution in [3.63, 3.8) is 0 Å². The lowest BCUT2D eigenvalue weighted by Gasteiger charge is -2.26. The molecule has 0 unspecified atom stereocenters. The number of nitrogens with zero attached hydrogens (tertiary/aromatic N) is 2. The molecule has 0 aromatic heterocycles. The predicted molar refractivity (Wildman–Crippen MR) is 238 cm³/mol. The summed E-state index contributed by atoms with van der Waals surface area (Å²) in [5, 5.41) is 0. The molecule has 0 aliphatic carbocycles. The third kappa shape index (κ3) is 7.37. The zero-order valence-corrected chi connectivity index (χ0v) is 30.4. The van der Waals surface area contributed by atoms with Crippen LogP contribution in [0, 0.1) is 0 Å². The van der Waals surface area contributed by atoms with Crippen LogP contribution >= 0.6 is 0 Å².